The highest BCUT2D eigenvalue weighted by Gasteiger charge is 2.25. The summed E-state index contributed by atoms with van der Waals surface area (Å²) in [5.41, 5.74) is 7.85. The van der Waals surface area contributed by atoms with E-state index in [0.29, 0.717) is 18.8 Å². The van der Waals surface area contributed by atoms with Crippen LogP contribution in [-0.4, -0.2) is 33.3 Å². The summed E-state index contributed by atoms with van der Waals surface area (Å²) < 4.78 is 33.0. The summed E-state index contributed by atoms with van der Waals surface area (Å²) in [6, 6.07) is 6.35. The largest absolute Gasteiger partial charge is 0.430 e. The van der Waals surface area contributed by atoms with Gasteiger partial charge < -0.3 is 15.7 Å². The fraction of sp³-hybridized carbons (Fsp3) is 0.200. The second-order valence-corrected chi connectivity index (χ2v) is 7.03. The van der Waals surface area contributed by atoms with E-state index in [1.165, 1.54) is 12.3 Å². The highest BCUT2D eigenvalue weighted by molar-refractivity contribution is 7.92. The van der Waals surface area contributed by atoms with E-state index >= 15 is 0 Å². The van der Waals surface area contributed by atoms with Crippen LogP contribution >= 0.6 is 0 Å². The third-order valence-corrected chi connectivity index (χ3v) is 4.89. The smallest absolute Gasteiger partial charge is 0.330 e. The molecule has 1 aromatic heterocycles. The number of nitrogen functional groups attached to an aromatic ring is 1. The third-order valence-electron chi connectivity index (χ3n) is 3.56. The lowest BCUT2D eigenvalue weighted by Gasteiger charge is -2.12. The van der Waals surface area contributed by atoms with E-state index in [2.05, 4.69) is 15.0 Å². The molecule has 1 aliphatic rings. The molecule has 3 rings (SSSR count). The molecule has 0 bridgehead atoms. The van der Waals surface area contributed by atoms with Crippen LogP contribution in [0.1, 0.15) is 22.8 Å². The quantitative estimate of drug-likeness (QED) is 0.645. The van der Waals surface area contributed by atoms with Gasteiger partial charge in [0.2, 0.25) is 0 Å². The molecule has 0 saturated heterocycles. The predicted octanol–water partition coefficient (Wildman–Crippen LogP) is -0.0110. The van der Waals surface area contributed by atoms with Crippen LogP contribution in [0.5, 0.6) is 0 Å². The SMILES string of the molecule is CCNC(=O)c1cc(N)cnc1S(=O)(=O)Nc1ccc2c(c1)[B]OC2. The summed E-state index contributed by atoms with van der Waals surface area (Å²) >= 11 is 0. The van der Waals surface area contributed by atoms with Crippen LogP contribution in [0, 0.1) is 0 Å². The molecule has 25 heavy (non-hydrogen) atoms. The first-order valence-corrected chi connectivity index (χ1v) is 9.03. The molecule has 0 unspecified atom stereocenters. The maximum Gasteiger partial charge on any atom is 0.330 e. The molecule has 8 nitrogen and oxygen atoms in total. The van der Waals surface area contributed by atoms with Crippen molar-refractivity contribution in [2.75, 3.05) is 17.0 Å². The Morgan fingerprint density at radius 2 is 2.20 bits per heavy atom. The highest BCUT2D eigenvalue weighted by atomic mass is 32.2. The van der Waals surface area contributed by atoms with Gasteiger partial charge >= 0.3 is 7.48 Å². The molecular formula is C15H16BN4O4S. The van der Waals surface area contributed by atoms with Crippen LogP contribution in [0.25, 0.3) is 0 Å². The minimum atomic E-state index is -4.07. The molecule has 0 saturated carbocycles. The zero-order valence-electron chi connectivity index (χ0n) is 13.4. The van der Waals surface area contributed by atoms with Gasteiger partial charge in [0.1, 0.15) is 0 Å². The van der Waals surface area contributed by atoms with Gasteiger partial charge in [0.05, 0.1) is 24.1 Å². The van der Waals surface area contributed by atoms with E-state index in [-0.39, 0.29) is 16.3 Å². The molecule has 0 atom stereocenters. The summed E-state index contributed by atoms with van der Waals surface area (Å²) in [4.78, 5) is 16.0. The summed E-state index contributed by atoms with van der Waals surface area (Å²) in [7, 11) is -2.51. The molecule has 1 aromatic carbocycles. The number of nitrogens with one attached hydrogen (secondary N) is 2. The van der Waals surface area contributed by atoms with E-state index in [1.54, 1.807) is 32.6 Å². The molecule has 0 spiro atoms. The van der Waals surface area contributed by atoms with E-state index in [4.69, 9.17) is 10.4 Å². The molecular weight excluding hydrogens is 343 g/mol. The third kappa shape index (κ3) is 3.59. The lowest BCUT2D eigenvalue weighted by atomic mass is 9.87. The number of hydrogen-bond acceptors (Lipinski definition) is 6. The van der Waals surface area contributed by atoms with Gasteiger partial charge in [-0.25, -0.2) is 4.98 Å². The number of pyridine rings is 1. The molecule has 4 N–H and O–H groups in total. The number of fused-ring (bicyclic) bond motifs is 1. The van der Waals surface area contributed by atoms with E-state index in [0.717, 1.165) is 11.0 Å². The van der Waals surface area contributed by atoms with Gasteiger partial charge in [0.15, 0.2) is 5.03 Å². The number of carbonyl (C=O) groups excluding carboxylic acids is 1. The van der Waals surface area contributed by atoms with E-state index in [9.17, 15) is 13.2 Å². The fourth-order valence-electron chi connectivity index (χ4n) is 2.43. The van der Waals surface area contributed by atoms with Crippen LogP contribution in [0.15, 0.2) is 35.5 Å². The van der Waals surface area contributed by atoms with Crippen LogP contribution in [0.4, 0.5) is 11.4 Å². The standard InChI is InChI=1S/C15H16BN4O4S/c1-2-18-14(21)12-5-10(17)7-19-15(12)25(22,23)20-11-4-3-9-8-24-16-13(9)6-11/h3-7,20H,2,8,17H2,1H3,(H,18,21). The normalized spacial score (nSPS) is 13.0. The Labute approximate surface area is 146 Å². The maximum absolute atomic E-state index is 12.7. The first-order chi connectivity index (χ1) is 11.9. The average Bonchev–Trinajstić information content (AvgIpc) is 3.02. The minimum Gasteiger partial charge on any atom is -0.430 e. The summed E-state index contributed by atoms with van der Waals surface area (Å²) in [6.07, 6.45) is 1.20. The van der Waals surface area contributed by atoms with Gasteiger partial charge in [0, 0.05) is 12.2 Å². The van der Waals surface area contributed by atoms with Gasteiger partial charge in [-0.1, -0.05) is 6.07 Å². The van der Waals surface area contributed by atoms with Crippen molar-refractivity contribution < 1.29 is 17.9 Å². The number of aromatic nitrogens is 1. The summed E-state index contributed by atoms with van der Waals surface area (Å²) in [6.45, 7) is 2.54. The number of anilines is 2. The topological polar surface area (TPSA) is 123 Å². The Kier molecular flexibility index (Phi) is 4.64. The van der Waals surface area contributed by atoms with Crippen molar-refractivity contribution in [3.8, 4) is 0 Å². The van der Waals surface area contributed by atoms with Gasteiger partial charge in [0.25, 0.3) is 15.9 Å². The molecule has 10 heteroatoms. The van der Waals surface area contributed by atoms with Crippen molar-refractivity contribution in [2.45, 2.75) is 18.6 Å². The Hall–Kier alpha value is -2.59. The monoisotopic (exact) mass is 359 g/mol. The van der Waals surface area contributed by atoms with Crippen molar-refractivity contribution in [3.05, 3.63) is 41.6 Å². The van der Waals surface area contributed by atoms with Gasteiger partial charge in [-0.15, -0.1) is 0 Å². The summed E-state index contributed by atoms with van der Waals surface area (Å²) in [5.74, 6) is -0.557. The van der Waals surface area contributed by atoms with Gasteiger partial charge in [-0.3, -0.25) is 9.52 Å². The Balaban J connectivity index is 1.96. The first-order valence-electron chi connectivity index (χ1n) is 7.55. The van der Waals surface area contributed by atoms with Crippen molar-refractivity contribution >= 4 is 40.3 Å². The van der Waals surface area contributed by atoms with Crippen LogP contribution in [-0.2, 0) is 21.3 Å². The molecule has 1 aliphatic heterocycles. The molecule has 1 radical (unpaired) electrons. The number of nitrogens with zero attached hydrogens (tertiary/aromatic N) is 1. The zero-order valence-corrected chi connectivity index (χ0v) is 14.3. The number of sulfonamides is 1. The average molecular weight is 359 g/mol. The van der Waals surface area contributed by atoms with Crippen molar-refractivity contribution in [2.24, 2.45) is 0 Å². The van der Waals surface area contributed by atoms with Crippen LogP contribution in [0.2, 0.25) is 0 Å². The lowest BCUT2D eigenvalue weighted by molar-refractivity contribution is 0.0952. The Morgan fingerprint density at radius 1 is 1.40 bits per heavy atom. The van der Waals surface area contributed by atoms with Crippen molar-refractivity contribution in [1.29, 1.82) is 0 Å². The van der Waals surface area contributed by atoms with Crippen molar-refractivity contribution in [1.82, 2.24) is 10.3 Å². The first kappa shape index (κ1) is 17.2. The predicted molar refractivity (Wildman–Crippen MR) is 94.1 cm³/mol. The number of amides is 1. The molecule has 0 fully saturated rings. The van der Waals surface area contributed by atoms with Crippen LogP contribution in [0.3, 0.4) is 0 Å². The van der Waals surface area contributed by atoms with Gasteiger partial charge in [-0.05, 0) is 36.1 Å². The number of rotatable bonds is 5. The maximum atomic E-state index is 12.7. The van der Waals surface area contributed by atoms with Gasteiger partial charge in [-0.2, -0.15) is 8.42 Å². The summed E-state index contributed by atoms with van der Waals surface area (Å²) in [5, 5.41) is 2.17. The Bertz CT molecular complexity index is 933. The lowest BCUT2D eigenvalue weighted by Crippen LogP contribution is -2.27. The molecule has 2 aromatic rings. The number of carbonyl (C=O) groups is 1. The Morgan fingerprint density at radius 3 is 2.96 bits per heavy atom. The number of nitrogens with two attached hydrogens (primary N) is 1. The molecule has 129 valence electrons. The second kappa shape index (κ2) is 6.73. The van der Waals surface area contributed by atoms with E-state index < -0.39 is 15.9 Å². The van der Waals surface area contributed by atoms with E-state index in [1.807, 2.05) is 0 Å². The minimum absolute atomic E-state index is 0.106. The zero-order chi connectivity index (χ0) is 18.0. The molecule has 0 aliphatic carbocycles. The number of benzene rings is 1. The van der Waals surface area contributed by atoms with Crippen molar-refractivity contribution in [3.63, 3.8) is 0 Å². The highest BCUT2D eigenvalue weighted by Crippen LogP contribution is 2.20. The fourth-order valence-corrected chi connectivity index (χ4v) is 3.59. The molecule has 2 heterocycles. The molecule has 1 amide bonds. The number of hydrogen-bond donors (Lipinski definition) is 3. The van der Waals surface area contributed by atoms with Crippen LogP contribution < -0.4 is 21.2 Å². The second-order valence-electron chi connectivity index (χ2n) is 5.43.